The first-order chi connectivity index (χ1) is 26.6. The van der Waals surface area contributed by atoms with E-state index >= 15 is 0 Å². The summed E-state index contributed by atoms with van der Waals surface area (Å²) >= 11 is 0. The highest BCUT2D eigenvalue weighted by molar-refractivity contribution is 6.38. The smallest absolute Gasteiger partial charge is 0.429 e. The SMILES string of the molecule is C=C(C)C(=O)NCc1cc[n+](Cc2cccc(C[n+]3ccc(-c4cc[n+](Cc5cccc(C[n+]6ccccc6)c5)cc4)cc3)c2)cc1.CB(O)O.CO[B]O. The third-order valence-electron chi connectivity index (χ3n) is 8.24. The fourth-order valence-corrected chi connectivity index (χ4v) is 5.59. The quantitative estimate of drug-likeness (QED) is 0.0827. The lowest BCUT2D eigenvalue weighted by Crippen LogP contribution is -2.35. The normalized spacial score (nSPS) is 10.2. The van der Waals surface area contributed by atoms with Crippen molar-refractivity contribution in [2.75, 3.05) is 7.11 Å². The van der Waals surface area contributed by atoms with Crippen molar-refractivity contribution >= 4 is 20.7 Å². The number of hydrogen-bond acceptors (Lipinski definition) is 5. The van der Waals surface area contributed by atoms with Gasteiger partial charge in [-0.05, 0) is 42.6 Å². The molecule has 1 amide bonds. The predicted octanol–water partition coefficient (Wildman–Crippen LogP) is 3.14. The summed E-state index contributed by atoms with van der Waals surface area (Å²) in [5.74, 6) is -0.119. The minimum atomic E-state index is -1.17. The largest absolute Gasteiger partial charge is 0.484 e. The predicted molar refractivity (Wildman–Crippen MR) is 213 cm³/mol. The Morgan fingerprint density at radius 2 is 0.982 bits per heavy atom. The lowest BCUT2D eigenvalue weighted by molar-refractivity contribution is -0.689. The van der Waals surface area contributed by atoms with Gasteiger partial charge in [-0.15, -0.1) is 0 Å². The summed E-state index contributed by atoms with van der Waals surface area (Å²) in [7, 11) is 0.833. The van der Waals surface area contributed by atoms with E-state index in [1.54, 1.807) is 6.92 Å². The minimum Gasteiger partial charge on any atom is -0.429 e. The third kappa shape index (κ3) is 15.2. The molecule has 0 spiro atoms. The molecular formula is C43H50B2N5O5+4. The third-order valence-corrected chi connectivity index (χ3v) is 8.24. The Morgan fingerprint density at radius 1 is 0.636 bits per heavy atom. The molecule has 6 aromatic rings. The lowest BCUT2D eigenvalue weighted by Gasteiger charge is -2.05. The van der Waals surface area contributed by atoms with Crippen molar-refractivity contribution in [1.29, 1.82) is 0 Å². The molecule has 0 aliphatic rings. The van der Waals surface area contributed by atoms with E-state index in [2.05, 4.69) is 169 Å². The van der Waals surface area contributed by atoms with Gasteiger partial charge in [-0.25, -0.2) is 18.3 Å². The van der Waals surface area contributed by atoms with Gasteiger partial charge in [-0.1, -0.05) is 49.0 Å². The van der Waals surface area contributed by atoms with Gasteiger partial charge in [-0.2, -0.15) is 0 Å². The first-order valence-electron chi connectivity index (χ1n) is 18.0. The minimum absolute atomic E-state index is 0.119. The molecule has 0 saturated heterocycles. The van der Waals surface area contributed by atoms with Crippen molar-refractivity contribution in [3.05, 3.63) is 193 Å². The van der Waals surface area contributed by atoms with Gasteiger partial charge >= 0.3 is 14.8 Å². The van der Waals surface area contributed by atoms with Crippen LogP contribution in [-0.2, 0) is 42.2 Å². The van der Waals surface area contributed by atoms with E-state index < -0.39 is 7.12 Å². The molecule has 2 aromatic carbocycles. The topological polar surface area (TPSA) is 115 Å². The van der Waals surface area contributed by atoms with Gasteiger partial charge < -0.3 is 25.0 Å². The highest BCUT2D eigenvalue weighted by Crippen LogP contribution is 2.16. The van der Waals surface area contributed by atoms with Gasteiger partial charge in [-0.3, -0.25) is 4.79 Å². The van der Waals surface area contributed by atoms with Gasteiger partial charge in [0.05, 0.1) is 0 Å². The molecule has 0 atom stereocenters. The molecule has 0 unspecified atom stereocenters. The number of hydrogen-bond donors (Lipinski definition) is 4. The standard InChI is InChI=1S/C41H40N5O.CH4BO2.CH5BO2/c1-33(2)41(47)42-28-34-12-20-44(21-13-34)30-36-9-7-11-38(27-36)32-46-24-16-40(17-25-46)39-14-22-45(23-15-39)31-37-10-6-8-35(26-37)29-43-18-4-3-5-19-43;1-4-2-3;1-2(3)4/h3-27H,1,28-32H2,2H3;3H,1H3;3-4H,1H3/q+3;;/p+1. The van der Waals surface area contributed by atoms with Crippen molar-refractivity contribution in [2.45, 2.75) is 46.5 Å². The van der Waals surface area contributed by atoms with Crippen LogP contribution in [0, 0.1) is 0 Å². The Bertz CT molecular complexity index is 2060. The van der Waals surface area contributed by atoms with Crippen LogP contribution in [0.4, 0.5) is 0 Å². The maximum absolute atomic E-state index is 11.8. The summed E-state index contributed by atoms with van der Waals surface area (Å²) in [6.07, 6.45) is 16.9. The second kappa shape index (κ2) is 22.4. The Balaban J connectivity index is 0.000000768. The Labute approximate surface area is 325 Å². The maximum atomic E-state index is 11.8. The number of nitrogens with one attached hydrogen (secondary N) is 1. The Hall–Kier alpha value is -5.78. The van der Waals surface area contributed by atoms with Crippen LogP contribution in [0.5, 0.6) is 0 Å². The monoisotopic (exact) mass is 738 g/mol. The van der Waals surface area contributed by atoms with Crippen molar-refractivity contribution < 1.29 is 42.8 Å². The molecule has 10 nitrogen and oxygen atoms in total. The molecule has 12 heteroatoms. The molecule has 6 rings (SSSR count). The Kier molecular flexibility index (Phi) is 17.1. The van der Waals surface area contributed by atoms with E-state index in [-0.39, 0.29) is 5.91 Å². The van der Waals surface area contributed by atoms with Crippen molar-refractivity contribution in [3.63, 3.8) is 0 Å². The molecular weight excluding hydrogens is 688 g/mol. The summed E-state index contributed by atoms with van der Waals surface area (Å²) < 4.78 is 12.8. The highest BCUT2D eigenvalue weighted by Gasteiger charge is 2.11. The number of amides is 1. The lowest BCUT2D eigenvalue weighted by atomic mass is 9.99. The van der Waals surface area contributed by atoms with Crippen molar-refractivity contribution in [2.24, 2.45) is 0 Å². The second-order valence-corrected chi connectivity index (χ2v) is 13.0. The van der Waals surface area contributed by atoms with Crippen molar-refractivity contribution in [1.82, 2.24) is 5.32 Å². The van der Waals surface area contributed by atoms with Gasteiger partial charge in [0, 0.05) is 90.0 Å². The number of pyridine rings is 4. The molecule has 0 aliphatic carbocycles. The first kappa shape index (κ1) is 42.0. The maximum Gasteiger partial charge on any atom is 0.484 e. The number of carbonyl (C=O) groups excluding carboxylic acids is 1. The molecule has 0 aliphatic heterocycles. The van der Waals surface area contributed by atoms with Crippen LogP contribution in [-0.4, -0.2) is 42.9 Å². The van der Waals surface area contributed by atoms with Crippen molar-refractivity contribution in [3.8, 4) is 11.1 Å². The molecule has 279 valence electrons. The zero-order valence-corrected chi connectivity index (χ0v) is 31.8. The molecule has 0 saturated carbocycles. The highest BCUT2D eigenvalue weighted by atomic mass is 16.5. The van der Waals surface area contributed by atoms with Crippen LogP contribution < -0.4 is 23.6 Å². The van der Waals surface area contributed by atoms with E-state index in [0.29, 0.717) is 19.8 Å². The number of benzene rings is 2. The summed E-state index contributed by atoms with van der Waals surface area (Å²) in [6.45, 7) is 10.4. The summed E-state index contributed by atoms with van der Waals surface area (Å²) in [4.78, 5) is 11.8. The zero-order valence-electron chi connectivity index (χ0n) is 31.8. The molecule has 0 bridgehead atoms. The zero-order chi connectivity index (χ0) is 39.4. The van der Waals surface area contributed by atoms with Gasteiger partial charge in [0.1, 0.15) is 0 Å². The molecule has 0 fully saturated rings. The summed E-state index contributed by atoms with van der Waals surface area (Å²) in [5, 5.41) is 25.6. The number of nitrogens with zero attached hydrogens (tertiary/aromatic N) is 4. The van der Waals surface area contributed by atoms with Crippen LogP contribution in [0.3, 0.4) is 0 Å². The summed E-state index contributed by atoms with van der Waals surface area (Å²) in [6, 6.07) is 36.5. The first-order valence-corrected chi connectivity index (χ1v) is 18.0. The van der Waals surface area contributed by atoms with Crippen LogP contribution >= 0.6 is 0 Å². The molecule has 4 heterocycles. The van der Waals surface area contributed by atoms with Crippen LogP contribution in [0.2, 0.25) is 6.82 Å². The molecule has 55 heavy (non-hydrogen) atoms. The van der Waals surface area contributed by atoms with E-state index in [9.17, 15) is 4.79 Å². The molecule has 1 radical (unpaired) electrons. The van der Waals surface area contributed by atoms with E-state index in [4.69, 9.17) is 15.1 Å². The Morgan fingerprint density at radius 3 is 1.33 bits per heavy atom. The van der Waals surface area contributed by atoms with Gasteiger partial charge in [0.25, 0.3) is 0 Å². The van der Waals surface area contributed by atoms with E-state index in [1.807, 2.05) is 18.2 Å². The average Bonchev–Trinajstić information content (AvgIpc) is 3.19. The molecule has 4 aromatic heterocycles. The number of rotatable bonds is 13. The van der Waals surface area contributed by atoms with Gasteiger partial charge in [0.15, 0.2) is 75.8 Å². The van der Waals surface area contributed by atoms with Crippen LogP contribution in [0.25, 0.3) is 11.1 Å². The van der Waals surface area contributed by atoms with E-state index in [1.165, 1.54) is 47.3 Å². The average molecular weight is 739 g/mol. The summed E-state index contributed by atoms with van der Waals surface area (Å²) in [5.41, 5.74) is 9.06. The van der Waals surface area contributed by atoms with Crippen LogP contribution in [0.15, 0.2) is 165 Å². The van der Waals surface area contributed by atoms with Gasteiger partial charge in [0.2, 0.25) is 5.91 Å². The second-order valence-electron chi connectivity index (χ2n) is 13.0. The number of carbonyl (C=O) groups is 1. The van der Waals surface area contributed by atoms with Crippen LogP contribution in [0.1, 0.15) is 34.7 Å². The fourth-order valence-electron chi connectivity index (χ4n) is 5.59. The number of aromatic nitrogens is 4. The van der Waals surface area contributed by atoms with E-state index in [0.717, 1.165) is 31.7 Å². The fraction of sp³-hybridized carbons (Fsp3) is 0.186. The molecule has 4 N–H and O–H groups in total.